The summed E-state index contributed by atoms with van der Waals surface area (Å²) in [6, 6.07) is 6.23. The molecule has 1 aromatic rings. The fourth-order valence-corrected chi connectivity index (χ4v) is 3.01. The number of piperidine rings is 1. The number of nitrogens with zero attached hydrogens (tertiary/aromatic N) is 1. The SMILES string of the molecule is CCOC(=O)C(=O)N1CC(C)CCC1c1ccc(C)c(C)c1. The minimum absolute atomic E-state index is 0.0348. The lowest BCUT2D eigenvalue weighted by Crippen LogP contribution is -2.45. The van der Waals surface area contributed by atoms with Gasteiger partial charge in [0, 0.05) is 6.54 Å². The summed E-state index contributed by atoms with van der Waals surface area (Å²) in [6.07, 6.45) is 1.94. The molecule has 1 saturated heterocycles. The number of hydrogen-bond acceptors (Lipinski definition) is 3. The van der Waals surface area contributed by atoms with E-state index in [-0.39, 0.29) is 12.6 Å². The van der Waals surface area contributed by atoms with Gasteiger partial charge in [-0.15, -0.1) is 0 Å². The Morgan fingerprint density at radius 3 is 2.59 bits per heavy atom. The molecule has 1 aliphatic rings. The summed E-state index contributed by atoms with van der Waals surface area (Å²) >= 11 is 0. The predicted octanol–water partition coefficient (Wildman–Crippen LogP) is 3.17. The number of hydrogen-bond donors (Lipinski definition) is 0. The Balaban J connectivity index is 2.28. The Bertz CT molecular complexity index is 567. The average Bonchev–Trinajstić information content (AvgIpc) is 2.49. The molecule has 120 valence electrons. The van der Waals surface area contributed by atoms with Crippen molar-refractivity contribution >= 4 is 11.9 Å². The fraction of sp³-hybridized carbons (Fsp3) is 0.556. The average molecular weight is 303 g/mol. The Labute approximate surface area is 132 Å². The van der Waals surface area contributed by atoms with Gasteiger partial charge >= 0.3 is 11.9 Å². The first-order chi connectivity index (χ1) is 10.4. The van der Waals surface area contributed by atoms with Gasteiger partial charge in [0.1, 0.15) is 0 Å². The van der Waals surface area contributed by atoms with Crippen LogP contribution in [-0.4, -0.2) is 29.9 Å². The van der Waals surface area contributed by atoms with Crippen molar-refractivity contribution in [3.05, 3.63) is 34.9 Å². The van der Waals surface area contributed by atoms with Gasteiger partial charge in [-0.3, -0.25) is 4.79 Å². The van der Waals surface area contributed by atoms with Crippen molar-refractivity contribution in [2.75, 3.05) is 13.2 Å². The molecular weight excluding hydrogens is 278 g/mol. The number of esters is 1. The number of amides is 1. The third-order valence-corrected chi connectivity index (χ3v) is 4.44. The van der Waals surface area contributed by atoms with Gasteiger partial charge in [-0.05, 0) is 56.2 Å². The molecule has 1 heterocycles. The zero-order valence-corrected chi connectivity index (χ0v) is 13.9. The lowest BCUT2D eigenvalue weighted by atomic mass is 9.88. The lowest BCUT2D eigenvalue weighted by Gasteiger charge is -2.38. The molecule has 0 bridgehead atoms. The van der Waals surface area contributed by atoms with Crippen molar-refractivity contribution in [2.24, 2.45) is 5.92 Å². The van der Waals surface area contributed by atoms with Crippen LogP contribution >= 0.6 is 0 Å². The normalized spacial score (nSPS) is 21.5. The van der Waals surface area contributed by atoms with E-state index in [1.54, 1.807) is 11.8 Å². The molecule has 4 nitrogen and oxygen atoms in total. The van der Waals surface area contributed by atoms with Crippen LogP contribution in [-0.2, 0) is 14.3 Å². The quantitative estimate of drug-likeness (QED) is 0.623. The van der Waals surface area contributed by atoms with Crippen molar-refractivity contribution in [2.45, 2.75) is 46.6 Å². The Hall–Kier alpha value is -1.84. The highest BCUT2D eigenvalue weighted by molar-refractivity contribution is 6.32. The highest BCUT2D eigenvalue weighted by atomic mass is 16.5. The molecule has 2 atom stereocenters. The van der Waals surface area contributed by atoms with Crippen molar-refractivity contribution in [3.63, 3.8) is 0 Å². The summed E-state index contributed by atoms with van der Waals surface area (Å²) in [5.74, 6) is -0.858. The molecule has 1 amide bonds. The molecule has 0 spiro atoms. The second-order valence-corrected chi connectivity index (χ2v) is 6.22. The van der Waals surface area contributed by atoms with Gasteiger partial charge in [0.15, 0.2) is 0 Å². The second kappa shape index (κ2) is 6.95. The Kier molecular flexibility index (Phi) is 5.22. The largest absolute Gasteiger partial charge is 0.459 e. The van der Waals surface area contributed by atoms with Crippen LogP contribution in [0.5, 0.6) is 0 Å². The summed E-state index contributed by atoms with van der Waals surface area (Å²) in [4.78, 5) is 25.9. The highest BCUT2D eigenvalue weighted by Crippen LogP contribution is 2.34. The molecule has 0 N–H and O–H groups in total. The van der Waals surface area contributed by atoms with Crippen molar-refractivity contribution < 1.29 is 14.3 Å². The Morgan fingerprint density at radius 2 is 1.95 bits per heavy atom. The first-order valence-electron chi connectivity index (χ1n) is 7.98. The molecule has 4 heteroatoms. The van der Waals surface area contributed by atoms with Crippen LogP contribution in [0.1, 0.15) is 49.4 Å². The van der Waals surface area contributed by atoms with E-state index in [9.17, 15) is 9.59 Å². The third kappa shape index (κ3) is 3.49. The summed E-state index contributed by atoms with van der Waals surface area (Å²) < 4.78 is 4.89. The number of ether oxygens (including phenoxy) is 1. The molecule has 0 aromatic heterocycles. The van der Waals surface area contributed by atoms with E-state index in [1.165, 1.54) is 11.1 Å². The van der Waals surface area contributed by atoms with E-state index >= 15 is 0 Å². The zero-order valence-electron chi connectivity index (χ0n) is 13.9. The molecular formula is C18H25NO3. The zero-order chi connectivity index (χ0) is 16.3. The maximum Gasteiger partial charge on any atom is 0.397 e. The number of benzene rings is 1. The van der Waals surface area contributed by atoms with Crippen molar-refractivity contribution in [3.8, 4) is 0 Å². The van der Waals surface area contributed by atoms with Crippen LogP contribution in [0.2, 0.25) is 0 Å². The van der Waals surface area contributed by atoms with E-state index in [0.717, 1.165) is 18.4 Å². The van der Waals surface area contributed by atoms with Gasteiger partial charge in [-0.25, -0.2) is 4.79 Å². The molecule has 1 fully saturated rings. The van der Waals surface area contributed by atoms with Crippen LogP contribution in [0.3, 0.4) is 0 Å². The van der Waals surface area contributed by atoms with E-state index in [0.29, 0.717) is 12.5 Å². The molecule has 2 rings (SSSR count). The number of likely N-dealkylation sites (tertiary alicyclic amines) is 1. The van der Waals surface area contributed by atoms with Gasteiger partial charge in [0.2, 0.25) is 0 Å². The minimum Gasteiger partial charge on any atom is -0.459 e. The third-order valence-electron chi connectivity index (χ3n) is 4.44. The van der Waals surface area contributed by atoms with Gasteiger partial charge in [0.05, 0.1) is 12.6 Å². The summed E-state index contributed by atoms with van der Waals surface area (Å²) in [5, 5.41) is 0. The first-order valence-corrected chi connectivity index (χ1v) is 7.98. The number of rotatable bonds is 2. The first kappa shape index (κ1) is 16.5. The van der Waals surface area contributed by atoms with Crippen molar-refractivity contribution in [1.29, 1.82) is 0 Å². The second-order valence-electron chi connectivity index (χ2n) is 6.22. The Morgan fingerprint density at radius 1 is 1.23 bits per heavy atom. The van der Waals surface area contributed by atoms with Crippen LogP contribution in [0.15, 0.2) is 18.2 Å². The van der Waals surface area contributed by atoms with Gasteiger partial charge in [-0.1, -0.05) is 25.1 Å². The smallest absolute Gasteiger partial charge is 0.397 e. The van der Waals surface area contributed by atoms with Gasteiger partial charge < -0.3 is 9.64 Å². The summed E-state index contributed by atoms with van der Waals surface area (Å²) in [6.45, 7) is 8.80. The molecule has 22 heavy (non-hydrogen) atoms. The molecule has 1 aromatic carbocycles. The molecule has 2 unspecified atom stereocenters. The predicted molar refractivity (Wildman–Crippen MR) is 85.4 cm³/mol. The number of carbonyl (C=O) groups is 2. The number of aryl methyl sites for hydroxylation is 2. The number of carbonyl (C=O) groups excluding carboxylic acids is 2. The molecule has 0 radical (unpaired) electrons. The fourth-order valence-electron chi connectivity index (χ4n) is 3.01. The van der Waals surface area contributed by atoms with Gasteiger partial charge in [-0.2, -0.15) is 0 Å². The maximum atomic E-state index is 12.4. The molecule has 0 aliphatic carbocycles. The standard InChI is InChI=1S/C18H25NO3/c1-5-22-18(21)17(20)19-11-12(2)6-9-16(19)15-8-7-13(3)14(4)10-15/h7-8,10,12,16H,5-6,9,11H2,1-4H3. The molecule has 0 saturated carbocycles. The topological polar surface area (TPSA) is 46.6 Å². The van der Waals surface area contributed by atoms with Gasteiger partial charge in [0.25, 0.3) is 0 Å². The maximum absolute atomic E-state index is 12.4. The van der Waals surface area contributed by atoms with Crippen LogP contribution < -0.4 is 0 Å². The van der Waals surface area contributed by atoms with Crippen molar-refractivity contribution in [1.82, 2.24) is 4.90 Å². The molecule has 1 aliphatic heterocycles. The van der Waals surface area contributed by atoms with Crippen LogP contribution in [0.4, 0.5) is 0 Å². The van der Waals surface area contributed by atoms with E-state index < -0.39 is 11.9 Å². The lowest BCUT2D eigenvalue weighted by molar-refractivity contribution is -0.162. The highest BCUT2D eigenvalue weighted by Gasteiger charge is 2.34. The monoisotopic (exact) mass is 303 g/mol. The summed E-state index contributed by atoms with van der Waals surface area (Å²) in [5.41, 5.74) is 3.54. The van der Waals surface area contributed by atoms with E-state index in [2.05, 4.69) is 39.0 Å². The van der Waals surface area contributed by atoms with Crippen LogP contribution in [0, 0.1) is 19.8 Å². The van der Waals surface area contributed by atoms with Crippen LogP contribution in [0.25, 0.3) is 0 Å². The van der Waals surface area contributed by atoms with E-state index in [4.69, 9.17) is 4.74 Å². The summed E-state index contributed by atoms with van der Waals surface area (Å²) in [7, 11) is 0. The minimum atomic E-state index is -0.745. The van der Waals surface area contributed by atoms with E-state index in [1.807, 2.05) is 0 Å².